The Hall–Kier alpha value is -2.33. The smallest absolute Gasteiger partial charge is 0.309 e. The van der Waals surface area contributed by atoms with E-state index in [0.29, 0.717) is 17.9 Å². The minimum Gasteiger partial charge on any atom is -0.489 e. The molecule has 0 aliphatic heterocycles. The Bertz CT molecular complexity index is 642. The molecule has 1 unspecified atom stereocenters. The number of hydrogen-bond donors (Lipinski definition) is 1. The molecule has 0 amide bonds. The topological polar surface area (TPSA) is 55.8 Å². The van der Waals surface area contributed by atoms with E-state index in [1.807, 2.05) is 30.3 Å². The standard InChI is InChI=1S/C20H24O4/c1-20(2,3)24-19(22)13-18(21)16-9-11-17(12-10-16)23-14-15-7-5-4-6-8-15/h4-12,18,21H,13-14H2,1-3H3. The minimum atomic E-state index is -0.886. The molecule has 0 aliphatic rings. The monoisotopic (exact) mass is 328 g/mol. The van der Waals surface area contributed by atoms with Crippen LogP contribution >= 0.6 is 0 Å². The van der Waals surface area contributed by atoms with Crippen LogP contribution in [0.5, 0.6) is 5.75 Å². The number of carbonyl (C=O) groups excluding carboxylic acids is 1. The normalized spacial score (nSPS) is 12.5. The molecule has 0 saturated heterocycles. The minimum absolute atomic E-state index is 0.0680. The maximum Gasteiger partial charge on any atom is 0.309 e. The third-order valence-corrected chi connectivity index (χ3v) is 3.29. The molecule has 0 bridgehead atoms. The lowest BCUT2D eigenvalue weighted by Crippen LogP contribution is -2.24. The predicted molar refractivity (Wildman–Crippen MR) is 92.6 cm³/mol. The van der Waals surface area contributed by atoms with E-state index in [2.05, 4.69) is 0 Å². The maximum absolute atomic E-state index is 11.8. The number of rotatable bonds is 6. The van der Waals surface area contributed by atoms with Gasteiger partial charge in [-0.1, -0.05) is 42.5 Å². The summed E-state index contributed by atoms with van der Waals surface area (Å²) in [5.74, 6) is 0.298. The van der Waals surface area contributed by atoms with Crippen LogP contribution in [-0.2, 0) is 16.1 Å². The molecule has 2 rings (SSSR count). The molecule has 0 heterocycles. The van der Waals surface area contributed by atoms with Crippen molar-refractivity contribution in [3.8, 4) is 5.75 Å². The van der Waals surface area contributed by atoms with Gasteiger partial charge in [0.15, 0.2) is 0 Å². The fourth-order valence-corrected chi connectivity index (χ4v) is 2.19. The van der Waals surface area contributed by atoms with Crippen LogP contribution in [0.3, 0.4) is 0 Å². The average Bonchev–Trinajstić information content (AvgIpc) is 2.52. The number of hydrogen-bond acceptors (Lipinski definition) is 4. The van der Waals surface area contributed by atoms with E-state index in [-0.39, 0.29) is 6.42 Å². The molecule has 1 N–H and O–H groups in total. The Labute approximate surface area is 143 Å². The van der Waals surface area contributed by atoms with Gasteiger partial charge in [0.2, 0.25) is 0 Å². The molecule has 1 atom stereocenters. The number of esters is 1. The second kappa shape index (κ2) is 7.97. The molecular formula is C20H24O4. The van der Waals surface area contributed by atoms with Gasteiger partial charge in [0.25, 0.3) is 0 Å². The molecule has 0 radical (unpaired) electrons. The van der Waals surface area contributed by atoms with Gasteiger partial charge in [-0.05, 0) is 44.0 Å². The Kier molecular flexibility index (Phi) is 5.99. The molecule has 128 valence electrons. The third kappa shape index (κ3) is 6.05. The number of ether oxygens (including phenoxy) is 2. The van der Waals surface area contributed by atoms with E-state index < -0.39 is 17.7 Å². The largest absolute Gasteiger partial charge is 0.489 e. The summed E-state index contributed by atoms with van der Waals surface area (Å²) in [7, 11) is 0. The van der Waals surface area contributed by atoms with Crippen LogP contribution in [0.2, 0.25) is 0 Å². The highest BCUT2D eigenvalue weighted by Crippen LogP contribution is 2.22. The number of benzene rings is 2. The first kappa shape index (κ1) is 18.0. The van der Waals surface area contributed by atoms with Crippen molar-refractivity contribution in [2.24, 2.45) is 0 Å². The predicted octanol–water partition coefficient (Wildman–Crippen LogP) is 4.03. The maximum atomic E-state index is 11.8. The summed E-state index contributed by atoms with van der Waals surface area (Å²) in [5, 5.41) is 10.1. The van der Waals surface area contributed by atoms with Gasteiger partial charge in [0, 0.05) is 0 Å². The van der Waals surface area contributed by atoms with Crippen LogP contribution in [0.1, 0.15) is 44.4 Å². The van der Waals surface area contributed by atoms with Gasteiger partial charge in [0.05, 0.1) is 12.5 Å². The molecule has 0 saturated carbocycles. The molecule has 0 aromatic heterocycles. The lowest BCUT2D eigenvalue weighted by atomic mass is 10.1. The van der Waals surface area contributed by atoms with Gasteiger partial charge in [-0.15, -0.1) is 0 Å². The second-order valence-electron chi connectivity index (χ2n) is 6.65. The summed E-state index contributed by atoms with van der Waals surface area (Å²) in [6.07, 6.45) is -0.954. The van der Waals surface area contributed by atoms with E-state index >= 15 is 0 Å². The van der Waals surface area contributed by atoms with Crippen molar-refractivity contribution in [2.75, 3.05) is 0 Å². The van der Waals surface area contributed by atoms with E-state index in [1.54, 1.807) is 45.0 Å². The van der Waals surface area contributed by atoms with Gasteiger partial charge in [-0.25, -0.2) is 0 Å². The number of carbonyl (C=O) groups is 1. The van der Waals surface area contributed by atoms with Crippen molar-refractivity contribution >= 4 is 5.97 Å². The summed E-state index contributed by atoms with van der Waals surface area (Å²) in [4.78, 5) is 11.8. The molecule has 0 aliphatic carbocycles. The lowest BCUT2D eigenvalue weighted by molar-refractivity contribution is -0.157. The van der Waals surface area contributed by atoms with Gasteiger partial charge < -0.3 is 14.6 Å². The third-order valence-electron chi connectivity index (χ3n) is 3.29. The summed E-state index contributed by atoms with van der Waals surface area (Å²) in [5.41, 5.74) is 1.20. The molecule has 0 fully saturated rings. The summed E-state index contributed by atoms with van der Waals surface area (Å²) in [6, 6.07) is 17.0. The SMILES string of the molecule is CC(C)(C)OC(=O)CC(O)c1ccc(OCc2ccccc2)cc1. The van der Waals surface area contributed by atoms with Crippen molar-refractivity contribution in [1.82, 2.24) is 0 Å². The Morgan fingerprint density at radius 1 is 1.04 bits per heavy atom. The van der Waals surface area contributed by atoms with Crippen LogP contribution in [0.4, 0.5) is 0 Å². The van der Waals surface area contributed by atoms with Gasteiger partial charge in [-0.3, -0.25) is 4.79 Å². The average molecular weight is 328 g/mol. The van der Waals surface area contributed by atoms with Crippen molar-refractivity contribution < 1.29 is 19.4 Å². The Morgan fingerprint density at radius 2 is 1.67 bits per heavy atom. The Balaban J connectivity index is 1.88. The van der Waals surface area contributed by atoms with Crippen molar-refractivity contribution in [1.29, 1.82) is 0 Å². The van der Waals surface area contributed by atoms with Crippen LogP contribution in [-0.4, -0.2) is 16.7 Å². The van der Waals surface area contributed by atoms with Gasteiger partial charge in [-0.2, -0.15) is 0 Å². The molecule has 2 aromatic rings. The zero-order valence-corrected chi connectivity index (χ0v) is 14.4. The quantitative estimate of drug-likeness (QED) is 0.813. The van der Waals surface area contributed by atoms with Crippen molar-refractivity contribution in [2.45, 2.75) is 45.5 Å². The molecule has 0 spiro atoms. The highest BCUT2D eigenvalue weighted by atomic mass is 16.6. The highest BCUT2D eigenvalue weighted by Gasteiger charge is 2.20. The van der Waals surface area contributed by atoms with Crippen molar-refractivity contribution in [3.63, 3.8) is 0 Å². The fourth-order valence-electron chi connectivity index (χ4n) is 2.19. The molecule has 4 nitrogen and oxygen atoms in total. The van der Waals surface area contributed by atoms with Crippen LogP contribution in [0, 0.1) is 0 Å². The van der Waals surface area contributed by atoms with Crippen LogP contribution < -0.4 is 4.74 Å². The molecular weight excluding hydrogens is 304 g/mol. The first-order valence-electron chi connectivity index (χ1n) is 8.00. The highest BCUT2D eigenvalue weighted by molar-refractivity contribution is 5.70. The zero-order chi connectivity index (χ0) is 17.6. The van der Waals surface area contributed by atoms with E-state index in [4.69, 9.17) is 9.47 Å². The molecule has 24 heavy (non-hydrogen) atoms. The summed E-state index contributed by atoms with van der Waals surface area (Å²) >= 11 is 0. The molecule has 2 aromatic carbocycles. The Morgan fingerprint density at radius 3 is 2.25 bits per heavy atom. The second-order valence-corrected chi connectivity index (χ2v) is 6.65. The first-order chi connectivity index (χ1) is 11.3. The summed E-state index contributed by atoms with van der Waals surface area (Å²) in [6.45, 7) is 5.89. The fraction of sp³-hybridized carbons (Fsp3) is 0.350. The van der Waals surface area contributed by atoms with E-state index in [0.717, 1.165) is 5.56 Å². The summed E-state index contributed by atoms with van der Waals surface area (Å²) < 4.78 is 10.9. The van der Waals surface area contributed by atoms with Crippen LogP contribution in [0.25, 0.3) is 0 Å². The van der Waals surface area contributed by atoms with E-state index in [9.17, 15) is 9.90 Å². The first-order valence-corrected chi connectivity index (χ1v) is 8.00. The van der Waals surface area contributed by atoms with Crippen LogP contribution in [0.15, 0.2) is 54.6 Å². The van der Waals surface area contributed by atoms with Crippen molar-refractivity contribution in [3.05, 3.63) is 65.7 Å². The van der Waals surface area contributed by atoms with E-state index in [1.165, 1.54) is 0 Å². The zero-order valence-electron chi connectivity index (χ0n) is 14.4. The van der Waals surface area contributed by atoms with Gasteiger partial charge in [0.1, 0.15) is 18.0 Å². The molecule has 4 heteroatoms. The number of aliphatic hydroxyl groups is 1. The van der Waals surface area contributed by atoms with Gasteiger partial charge >= 0.3 is 5.97 Å². The number of aliphatic hydroxyl groups excluding tert-OH is 1. The lowest BCUT2D eigenvalue weighted by Gasteiger charge is -2.20.